The lowest BCUT2D eigenvalue weighted by molar-refractivity contribution is 0.445. The van der Waals surface area contributed by atoms with Gasteiger partial charge in [0, 0.05) is 37.2 Å². The quantitative estimate of drug-likeness (QED) is 0.306. The van der Waals surface area contributed by atoms with Crippen LogP contribution < -0.4 is 15.8 Å². The van der Waals surface area contributed by atoms with Crippen molar-refractivity contribution in [3.05, 3.63) is 102 Å². The number of nitrogens with one attached hydrogen (secondary N) is 2. The van der Waals surface area contributed by atoms with Crippen LogP contribution in [0.15, 0.2) is 85.3 Å². The molecular weight excluding hydrogens is 417 g/mol. The minimum Gasteiger partial charge on any atom is -0.453 e. The molecule has 0 spiro atoms. The third-order valence-electron chi connectivity index (χ3n) is 5.37. The first-order valence-electron chi connectivity index (χ1n) is 10.6. The van der Waals surface area contributed by atoms with Crippen molar-refractivity contribution in [2.24, 2.45) is 5.73 Å². The molecule has 7 heteroatoms. The lowest BCUT2D eigenvalue weighted by atomic mass is 10.1. The van der Waals surface area contributed by atoms with Gasteiger partial charge in [0.05, 0.1) is 5.39 Å². The van der Waals surface area contributed by atoms with Crippen molar-refractivity contribution < 1.29 is 9.13 Å². The number of rotatable bonds is 7. The third-order valence-corrected chi connectivity index (χ3v) is 5.37. The minimum atomic E-state index is -0.462. The zero-order valence-electron chi connectivity index (χ0n) is 17.8. The van der Waals surface area contributed by atoms with Crippen LogP contribution in [0.25, 0.3) is 22.2 Å². The Hall–Kier alpha value is -4.23. The summed E-state index contributed by atoms with van der Waals surface area (Å²) in [7, 11) is 0. The van der Waals surface area contributed by atoms with E-state index in [4.69, 9.17) is 10.5 Å². The predicted octanol–water partition coefficient (Wildman–Crippen LogP) is 5.63. The van der Waals surface area contributed by atoms with Crippen molar-refractivity contribution in [2.75, 3.05) is 5.32 Å². The molecule has 0 atom stereocenters. The Bertz CT molecular complexity index is 1400. The molecule has 5 rings (SSSR count). The lowest BCUT2D eigenvalue weighted by Crippen LogP contribution is -2.01. The van der Waals surface area contributed by atoms with E-state index in [9.17, 15) is 4.39 Å². The molecule has 2 aromatic carbocycles. The molecule has 0 aliphatic heterocycles. The molecule has 6 nitrogen and oxygen atoms in total. The second kappa shape index (κ2) is 9.10. The molecule has 0 fully saturated rings. The van der Waals surface area contributed by atoms with Gasteiger partial charge >= 0.3 is 0 Å². The summed E-state index contributed by atoms with van der Waals surface area (Å²) in [6.45, 7) is 0.931. The predicted molar refractivity (Wildman–Crippen MR) is 127 cm³/mol. The summed E-state index contributed by atoms with van der Waals surface area (Å²) in [5.41, 5.74) is 9.94. The molecule has 0 saturated heterocycles. The number of nitrogens with two attached hydrogens (primary N) is 1. The van der Waals surface area contributed by atoms with Gasteiger partial charge in [0.15, 0.2) is 11.6 Å². The second-order valence-corrected chi connectivity index (χ2v) is 7.57. The number of anilines is 1. The Labute approximate surface area is 190 Å². The highest BCUT2D eigenvalue weighted by molar-refractivity contribution is 5.98. The number of aromatic amines is 1. The van der Waals surface area contributed by atoms with Gasteiger partial charge in [-0.1, -0.05) is 36.4 Å². The Kier molecular flexibility index (Phi) is 5.70. The van der Waals surface area contributed by atoms with Crippen molar-refractivity contribution in [3.63, 3.8) is 0 Å². The number of H-pyrrole nitrogens is 1. The SMILES string of the molecule is NCc1ccc(Oc2ccnc3[nH]cc(-c4ccnc(NCc5ccccc5)c4)c23)c(F)c1. The molecule has 3 aromatic heterocycles. The van der Waals surface area contributed by atoms with E-state index in [1.54, 1.807) is 30.6 Å². The van der Waals surface area contributed by atoms with Crippen LogP contribution in [0.1, 0.15) is 11.1 Å². The standard InChI is InChI=1S/C26H22FN5O/c27-21-12-18(14-28)6-7-22(21)33-23-9-11-30-26-25(23)20(16-32-26)19-8-10-29-24(13-19)31-15-17-4-2-1-3-5-17/h1-13,16H,14-15,28H2,(H,29,31)(H,30,32). The zero-order chi connectivity index (χ0) is 22.6. The van der Waals surface area contributed by atoms with Crippen LogP contribution in [0.2, 0.25) is 0 Å². The van der Waals surface area contributed by atoms with Gasteiger partial charge in [0.1, 0.15) is 17.2 Å². The highest BCUT2D eigenvalue weighted by Crippen LogP contribution is 2.37. The topological polar surface area (TPSA) is 88.8 Å². The summed E-state index contributed by atoms with van der Waals surface area (Å²) < 4.78 is 20.5. The second-order valence-electron chi connectivity index (χ2n) is 7.57. The molecule has 5 aromatic rings. The van der Waals surface area contributed by atoms with Gasteiger partial charge in [-0.25, -0.2) is 14.4 Å². The largest absolute Gasteiger partial charge is 0.453 e. The maximum atomic E-state index is 14.5. The number of hydrogen-bond donors (Lipinski definition) is 3. The lowest BCUT2D eigenvalue weighted by Gasteiger charge is -2.11. The Morgan fingerprint density at radius 1 is 0.909 bits per heavy atom. The highest BCUT2D eigenvalue weighted by atomic mass is 19.1. The minimum absolute atomic E-state index is 0.131. The van der Waals surface area contributed by atoms with E-state index in [0.717, 1.165) is 22.3 Å². The first-order valence-corrected chi connectivity index (χ1v) is 10.6. The number of fused-ring (bicyclic) bond motifs is 1. The molecule has 4 N–H and O–H groups in total. The van der Waals surface area contributed by atoms with E-state index in [1.165, 1.54) is 11.6 Å². The van der Waals surface area contributed by atoms with Crippen LogP contribution in [-0.4, -0.2) is 15.0 Å². The third kappa shape index (κ3) is 4.40. The molecule has 3 heterocycles. The Morgan fingerprint density at radius 2 is 1.76 bits per heavy atom. The van der Waals surface area contributed by atoms with Gasteiger partial charge < -0.3 is 20.8 Å². The van der Waals surface area contributed by atoms with Gasteiger partial charge in [0.25, 0.3) is 0 Å². The van der Waals surface area contributed by atoms with Gasteiger partial charge in [-0.15, -0.1) is 0 Å². The fourth-order valence-electron chi connectivity index (χ4n) is 3.70. The van der Waals surface area contributed by atoms with Crippen LogP contribution in [0.4, 0.5) is 10.2 Å². The van der Waals surface area contributed by atoms with E-state index in [-0.39, 0.29) is 12.3 Å². The van der Waals surface area contributed by atoms with Crippen LogP contribution in [0.3, 0.4) is 0 Å². The summed E-state index contributed by atoms with van der Waals surface area (Å²) >= 11 is 0. The summed E-state index contributed by atoms with van der Waals surface area (Å²) in [6, 6.07) is 20.5. The molecule has 0 saturated carbocycles. The van der Waals surface area contributed by atoms with Crippen LogP contribution >= 0.6 is 0 Å². The number of ether oxygens (including phenoxy) is 1. The average Bonchev–Trinajstić information content (AvgIpc) is 3.30. The normalized spacial score (nSPS) is 11.0. The number of nitrogens with zero attached hydrogens (tertiary/aromatic N) is 2. The van der Waals surface area contributed by atoms with Crippen molar-refractivity contribution in [1.82, 2.24) is 15.0 Å². The molecule has 33 heavy (non-hydrogen) atoms. The monoisotopic (exact) mass is 439 g/mol. The number of hydrogen-bond acceptors (Lipinski definition) is 5. The molecule has 0 bridgehead atoms. The molecule has 0 radical (unpaired) electrons. The maximum absolute atomic E-state index is 14.5. The number of benzene rings is 2. The van der Waals surface area contributed by atoms with Crippen molar-refractivity contribution in [3.8, 4) is 22.6 Å². The summed E-state index contributed by atoms with van der Waals surface area (Å²) in [6.07, 6.45) is 5.25. The van der Waals surface area contributed by atoms with E-state index >= 15 is 0 Å². The summed E-state index contributed by atoms with van der Waals surface area (Å²) in [4.78, 5) is 12.0. The maximum Gasteiger partial charge on any atom is 0.166 e. The molecule has 0 aliphatic carbocycles. The fourth-order valence-corrected chi connectivity index (χ4v) is 3.70. The molecule has 0 amide bonds. The van der Waals surface area contributed by atoms with E-state index in [2.05, 4.69) is 32.4 Å². The zero-order valence-corrected chi connectivity index (χ0v) is 17.8. The first kappa shape index (κ1) is 20.7. The van der Waals surface area contributed by atoms with Crippen LogP contribution in [0, 0.1) is 5.82 Å². The smallest absolute Gasteiger partial charge is 0.166 e. The van der Waals surface area contributed by atoms with Gasteiger partial charge in [-0.2, -0.15) is 0 Å². The van der Waals surface area contributed by atoms with Gasteiger partial charge in [-0.05, 0) is 47.0 Å². The fraction of sp³-hybridized carbons (Fsp3) is 0.0769. The molecule has 0 aliphatic rings. The average molecular weight is 439 g/mol. The van der Waals surface area contributed by atoms with E-state index in [1.807, 2.05) is 36.5 Å². The van der Waals surface area contributed by atoms with Gasteiger partial charge in [-0.3, -0.25) is 0 Å². The number of pyridine rings is 2. The summed E-state index contributed by atoms with van der Waals surface area (Å²) in [5, 5.41) is 4.12. The Balaban J connectivity index is 1.47. The molecule has 0 unspecified atom stereocenters. The van der Waals surface area contributed by atoms with Crippen molar-refractivity contribution in [1.29, 1.82) is 0 Å². The highest BCUT2D eigenvalue weighted by Gasteiger charge is 2.15. The van der Waals surface area contributed by atoms with Crippen molar-refractivity contribution in [2.45, 2.75) is 13.1 Å². The van der Waals surface area contributed by atoms with Crippen LogP contribution in [0.5, 0.6) is 11.5 Å². The first-order chi connectivity index (χ1) is 16.2. The number of halogens is 1. The van der Waals surface area contributed by atoms with Crippen LogP contribution in [-0.2, 0) is 13.1 Å². The van der Waals surface area contributed by atoms with E-state index in [0.29, 0.717) is 23.5 Å². The number of aromatic nitrogens is 3. The molecule has 164 valence electrons. The summed E-state index contributed by atoms with van der Waals surface area (Å²) in [5.74, 6) is 0.926. The van der Waals surface area contributed by atoms with Crippen molar-refractivity contribution >= 4 is 16.9 Å². The Morgan fingerprint density at radius 3 is 2.58 bits per heavy atom. The van der Waals surface area contributed by atoms with Gasteiger partial charge in [0.2, 0.25) is 0 Å². The molecular formula is C26H22FN5O. The van der Waals surface area contributed by atoms with E-state index < -0.39 is 5.82 Å².